The Bertz CT molecular complexity index is 961. The summed E-state index contributed by atoms with van der Waals surface area (Å²) in [4.78, 5) is 23.4. The van der Waals surface area contributed by atoms with Crippen LogP contribution in [0.15, 0.2) is 53.2 Å². The molecule has 6 nitrogen and oxygen atoms in total. The lowest BCUT2D eigenvalue weighted by Gasteiger charge is -2.31. The highest BCUT2D eigenvalue weighted by molar-refractivity contribution is 5.78. The summed E-state index contributed by atoms with van der Waals surface area (Å²) in [6, 6.07) is 10.0. The molecular formula is C22H23FN4O2. The lowest BCUT2D eigenvalue weighted by atomic mass is 9.96. The maximum atomic E-state index is 13.1. The fourth-order valence-electron chi connectivity index (χ4n) is 3.52. The van der Waals surface area contributed by atoms with Crippen molar-refractivity contribution < 1.29 is 13.6 Å². The second-order valence-electron chi connectivity index (χ2n) is 7.27. The molecule has 29 heavy (non-hydrogen) atoms. The van der Waals surface area contributed by atoms with Crippen molar-refractivity contribution in [2.24, 2.45) is 5.92 Å². The second kappa shape index (κ2) is 8.43. The number of amides is 1. The van der Waals surface area contributed by atoms with Crippen LogP contribution in [-0.4, -0.2) is 29.0 Å². The van der Waals surface area contributed by atoms with Crippen LogP contribution in [0.4, 0.5) is 10.3 Å². The normalized spacial score (nSPS) is 14.8. The predicted molar refractivity (Wildman–Crippen MR) is 108 cm³/mol. The maximum Gasteiger partial charge on any atom is 0.225 e. The first kappa shape index (κ1) is 19.1. The molecule has 0 saturated carbocycles. The zero-order valence-electron chi connectivity index (χ0n) is 16.3. The predicted octanol–water partition coefficient (Wildman–Crippen LogP) is 3.72. The quantitative estimate of drug-likeness (QED) is 0.714. The summed E-state index contributed by atoms with van der Waals surface area (Å²) in [5.41, 5.74) is 1.72. The zero-order chi connectivity index (χ0) is 20.2. The Kier molecular flexibility index (Phi) is 5.55. The third-order valence-electron chi connectivity index (χ3n) is 5.20. The first-order valence-electron chi connectivity index (χ1n) is 9.74. The number of carbonyl (C=O) groups excluding carboxylic acids is 1. The lowest BCUT2D eigenvalue weighted by molar-refractivity contribution is -0.125. The number of nitrogens with one attached hydrogen (secondary N) is 1. The van der Waals surface area contributed by atoms with E-state index in [1.54, 1.807) is 24.5 Å². The minimum absolute atomic E-state index is 0.0132. The highest BCUT2D eigenvalue weighted by Gasteiger charge is 2.26. The topological polar surface area (TPSA) is 71.3 Å². The summed E-state index contributed by atoms with van der Waals surface area (Å²) in [5.74, 6) is 2.04. The van der Waals surface area contributed by atoms with Gasteiger partial charge in [0.05, 0.1) is 6.54 Å². The van der Waals surface area contributed by atoms with Crippen molar-refractivity contribution in [3.63, 3.8) is 0 Å². The highest BCUT2D eigenvalue weighted by Crippen LogP contribution is 2.23. The Hall–Kier alpha value is -3.22. The van der Waals surface area contributed by atoms with Crippen molar-refractivity contribution in [1.82, 2.24) is 15.3 Å². The van der Waals surface area contributed by atoms with Crippen molar-refractivity contribution in [2.75, 3.05) is 18.0 Å². The fraction of sp³-hybridized carbons (Fsp3) is 0.318. The minimum atomic E-state index is -0.266. The summed E-state index contributed by atoms with van der Waals surface area (Å²) >= 11 is 0. The molecule has 150 valence electrons. The average molecular weight is 394 g/mol. The first-order chi connectivity index (χ1) is 14.1. The number of aryl methyl sites for hydroxylation is 1. The molecule has 7 heteroatoms. The van der Waals surface area contributed by atoms with E-state index in [9.17, 15) is 9.18 Å². The van der Waals surface area contributed by atoms with Gasteiger partial charge >= 0.3 is 0 Å². The van der Waals surface area contributed by atoms with Crippen LogP contribution in [0, 0.1) is 18.7 Å². The Morgan fingerprint density at radius 2 is 1.79 bits per heavy atom. The number of hydrogen-bond donors (Lipinski definition) is 1. The number of furan rings is 1. The lowest BCUT2D eigenvalue weighted by Crippen LogP contribution is -2.41. The fourth-order valence-corrected chi connectivity index (χ4v) is 3.52. The van der Waals surface area contributed by atoms with Gasteiger partial charge in [-0.3, -0.25) is 4.79 Å². The number of carbonyl (C=O) groups is 1. The van der Waals surface area contributed by atoms with Crippen LogP contribution in [0.1, 0.15) is 24.4 Å². The van der Waals surface area contributed by atoms with E-state index in [1.807, 2.05) is 19.1 Å². The molecule has 3 aromatic rings. The standard InChI is InChI=1S/C22H23FN4O2/c1-15-2-7-20(29-15)14-24-21(28)17-8-10-27(11-9-17)22-25-12-18(13-26-22)16-3-5-19(23)6-4-16/h2-7,12-13,17H,8-11,14H2,1H3,(H,24,28). The molecule has 2 aromatic heterocycles. The smallest absolute Gasteiger partial charge is 0.225 e. The Morgan fingerprint density at radius 1 is 1.10 bits per heavy atom. The van der Waals surface area contributed by atoms with Gasteiger partial charge in [0, 0.05) is 37.0 Å². The van der Waals surface area contributed by atoms with Crippen LogP contribution in [0.5, 0.6) is 0 Å². The minimum Gasteiger partial charge on any atom is -0.465 e. The van der Waals surface area contributed by atoms with Crippen LogP contribution < -0.4 is 10.2 Å². The Morgan fingerprint density at radius 3 is 2.41 bits per heavy atom. The molecule has 1 aliphatic heterocycles. The third-order valence-corrected chi connectivity index (χ3v) is 5.20. The zero-order valence-corrected chi connectivity index (χ0v) is 16.3. The second-order valence-corrected chi connectivity index (χ2v) is 7.27. The molecule has 1 amide bonds. The molecular weight excluding hydrogens is 371 g/mol. The molecule has 1 aliphatic rings. The number of piperidine rings is 1. The Labute approximate surface area is 168 Å². The van der Waals surface area contributed by atoms with Crippen molar-refractivity contribution in [3.05, 3.63) is 66.1 Å². The Balaban J connectivity index is 1.29. The van der Waals surface area contributed by atoms with Crippen molar-refractivity contribution >= 4 is 11.9 Å². The van der Waals surface area contributed by atoms with Crippen molar-refractivity contribution in [2.45, 2.75) is 26.3 Å². The number of aromatic nitrogens is 2. The van der Waals surface area contributed by atoms with Crippen LogP contribution in [0.2, 0.25) is 0 Å². The summed E-state index contributed by atoms with van der Waals surface area (Å²) in [5, 5.41) is 2.96. The van der Waals surface area contributed by atoms with Gasteiger partial charge in [-0.2, -0.15) is 0 Å². The van der Waals surface area contributed by atoms with Gasteiger partial charge in [0.1, 0.15) is 17.3 Å². The van der Waals surface area contributed by atoms with E-state index in [0.717, 1.165) is 48.6 Å². The van der Waals surface area contributed by atoms with Gasteiger partial charge in [0.2, 0.25) is 11.9 Å². The molecule has 0 radical (unpaired) electrons. The highest BCUT2D eigenvalue weighted by atomic mass is 19.1. The molecule has 4 rings (SSSR count). The third kappa shape index (κ3) is 4.62. The molecule has 0 atom stereocenters. The van der Waals surface area contributed by atoms with Crippen LogP contribution >= 0.6 is 0 Å². The number of nitrogens with zero attached hydrogens (tertiary/aromatic N) is 3. The molecule has 0 aliphatic carbocycles. The van der Waals surface area contributed by atoms with Gasteiger partial charge in [-0.1, -0.05) is 12.1 Å². The first-order valence-corrected chi connectivity index (χ1v) is 9.74. The van der Waals surface area contributed by atoms with Crippen molar-refractivity contribution in [3.8, 4) is 11.1 Å². The van der Waals surface area contributed by atoms with Gasteiger partial charge in [-0.15, -0.1) is 0 Å². The van der Waals surface area contributed by atoms with E-state index in [2.05, 4.69) is 20.2 Å². The molecule has 1 fully saturated rings. The van der Waals surface area contributed by atoms with Gasteiger partial charge in [-0.25, -0.2) is 14.4 Å². The van der Waals surface area contributed by atoms with Crippen molar-refractivity contribution in [1.29, 1.82) is 0 Å². The molecule has 3 heterocycles. The van der Waals surface area contributed by atoms with Crippen LogP contribution in [-0.2, 0) is 11.3 Å². The number of anilines is 1. The van der Waals surface area contributed by atoms with E-state index in [1.165, 1.54) is 12.1 Å². The monoisotopic (exact) mass is 394 g/mol. The molecule has 1 saturated heterocycles. The number of halogens is 1. The van der Waals surface area contributed by atoms with E-state index in [0.29, 0.717) is 12.5 Å². The molecule has 1 N–H and O–H groups in total. The summed E-state index contributed by atoms with van der Waals surface area (Å²) in [6.45, 7) is 3.76. The SMILES string of the molecule is Cc1ccc(CNC(=O)C2CCN(c3ncc(-c4ccc(F)cc4)cn3)CC2)o1. The van der Waals surface area contributed by atoms with E-state index in [-0.39, 0.29) is 17.6 Å². The molecule has 1 aromatic carbocycles. The van der Waals surface area contributed by atoms with Crippen LogP contribution in [0.3, 0.4) is 0 Å². The van der Waals surface area contributed by atoms with E-state index < -0.39 is 0 Å². The number of rotatable bonds is 5. The molecule has 0 unspecified atom stereocenters. The maximum absolute atomic E-state index is 13.1. The van der Waals surface area contributed by atoms with Gasteiger partial charge in [-0.05, 0) is 49.6 Å². The number of hydrogen-bond acceptors (Lipinski definition) is 5. The largest absolute Gasteiger partial charge is 0.465 e. The summed E-state index contributed by atoms with van der Waals surface area (Å²) in [6.07, 6.45) is 5.01. The molecule has 0 spiro atoms. The van der Waals surface area contributed by atoms with E-state index >= 15 is 0 Å². The number of benzene rings is 1. The average Bonchev–Trinajstić information content (AvgIpc) is 3.18. The van der Waals surface area contributed by atoms with Gasteiger partial charge < -0.3 is 14.6 Å². The van der Waals surface area contributed by atoms with E-state index in [4.69, 9.17) is 4.42 Å². The van der Waals surface area contributed by atoms with Crippen LogP contribution in [0.25, 0.3) is 11.1 Å². The van der Waals surface area contributed by atoms with Gasteiger partial charge in [0.25, 0.3) is 0 Å². The summed E-state index contributed by atoms with van der Waals surface area (Å²) < 4.78 is 18.5. The summed E-state index contributed by atoms with van der Waals surface area (Å²) in [7, 11) is 0. The molecule has 0 bridgehead atoms. The van der Waals surface area contributed by atoms with Gasteiger partial charge in [0.15, 0.2) is 0 Å².